The van der Waals surface area contributed by atoms with Gasteiger partial charge in [-0.2, -0.15) is 35.1 Å². The minimum absolute atomic E-state index is 0.0659. The Kier molecular flexibility index (Phi) is 6.45. The predicted octanol–water partition coefficient (Wildman–Crippen LogP) is 3.97. The van der Waals surface area contributed by atoms with Crippen molar-refractivity contribution in [1.29, 1.82) is 0 Å². The molecule has 1 unspecified atom stereocenters. The zero-order valence-corrected chi connectivity index (χ0v) is 13.8. The third-order valence-corrected chi connectivity index (χ3v) is 3.55. The minimum Gasteiger partial charge on any atom is -0.449 e. The van der Waals surface area contributed by atoms with Crippen molar-refractivity contribution < 1.29 is 49.4 Å². The molecule has 1 rings (SSSR count). The maximum absolute atomic E-state index is 13.2. The average Bonchev–Trinajstić information content (AvgIpc) is 2.56. The van der Waals surface area contributed by atoms with E-state index in [9.17, 15) is 44.7 Å². The zero-order valence-electron chi connectivity index (χ0n) is 13.8. The van der Waals surface area contributed by atoms with Crippen molar-refractivity contribution in [2.45, 2.75) is 31.2 Å². The molecular formula is C15H13F8NO3. The van der Waals surface area contributed by atoms with Gasteiger partial charge in [0.15, 0.2) is 6.61 Å². The van der Waals surface area contributed by atoms with Crippen LogP contribution in [0.4, 0.5) is 35.1 Å². The van der Waals surface area contributed by atoms with Gasteiger partial charge in [0.1, 0.15) is 0 Å². The van der Waals surface area contributed by atoms with Gasteiger partial charge in [-0.3, -0.25) is 4.79 Å². The fourth-order valence-corrected chi connectivity index (χ4v) is 1.89. The highest BCUT2D eigenvalue weighted by atomic mass is 19.4. The third kappa shape index (κ3) is 5.54. The number of amides is 1. The van der Waals surface area contributed by atoms with E-state index in [1.165, 1.54) is 6.92 Å². The molecule has 0 aliphatic heterocycles. The quantitative estimate of drug-likeness (QED) is 0.431. The Hall–Kier alpha value is -2.40. The van der Waals surface area contributed by atoms with Crippen LogP contribution in [0.15, 0.2) is 24.3 Å². The molecule has 0 bridgehead atoms. The first-order chi connectivity index (χ1) is 12.1. The van der Waals surface area contributed by atoms with Gasteiger partial charge in [0, 0.05) is 12.6 Å². The second-order valence-electron chi connectivity index (χ2n) is 5.48. The first-order valence-corrected chi connectivity index (χ1v) is 7.13. The lowest BCUT2D eigenvalue weighted by molar-refractivity contribution is -0.289. The van der Waals surface area contributed by atoms with Crippen LogP contribution < -0.4 is 0 Å². The smallest absolute Gasteiger partial charge is 0.449 e. The van der Waals surface area contributed by atoms with E-state index in [1.54, 1.807) is 0 Å². The van der Waals surface area contributed by atoms with Crippen molar-refractivity contribution in [3.63, 3.8) is 0 Å². The van der Waals surface area contributed by atoms with Crippen LogP contribution in [0.25, 0.3) is 0 Å². The largest absolute Gasteiger partial charge is 0.458 e. The number of carbonyl (C=O) groups excluding carboxylic acids is 2. The lowest BCUT2D eigenvalue weighted by atomic mass is 10.0. The molecule has 0 aromatic heterocycles. The number of ether oxygens (including phenoxy) is 1. The van der Waals surface area contributed by atoms with Crippen LogP contribution in [0.1, 0.15) is 24.1 Å². The molecule has 1 aromatic carbocycles. The SMILES string of the molecule is CC(c1ccc(C(F)(F)C(F)(F)F)cc1)N(C)C(=O)C(=O)OCC(F)(F)F. The van der Waals surface area contributed by atoms with E-state index in [4.69, 9.17) is 0 Å². The van der Waals surface area contributed by atoms with Gasteiger partial charge in [-0.1, -0.05) is 24.3 Å². The van der Waals surface area contributed by atoms with Gasteiger partial charge in [0.05, 0.1) is 6.04 Å². The molecule has 27 heavy (non-hydrogen) atoms. The number of carbonyl (C=O) groups is 2. The summed E-state index contributed by atoms with van der Waals surface area (Å²) in [5.41, 5.74) is -1.26. The number of nitrogens with zero attached hydrogens (tertiary/aromatic N) is 1. The summed E-state index contributed by atoms with van der Waals surface area (Å²) >= 11 is 0. The summed E-state index contributed by atoms with van der Waals surface area (Å²) in [6.07, 6.45) is -10.6. The Morgan fingerprint density at radius 2 is 1.48 bits per heavy atom. The van der Waals surface area contributed by atoms with Gasteiger partial charge in [0.25, 0.3) is 0 Å². The molecule has 4 nitrogen and oxygen atoms in total. The number of alkyl halides is 8. The highest BCUT2D eigenvalue weighted by molar-refractivity contribution is 6.32. The molecule has 0 aliphatic carbocycles. The molecule has 0 saturated carbocycles. The van der Waals surface area contributed by atoms with Crippen LogP contribution in [0.3, 0.4) is 0 Å². The Morgan fingerprint density at radius 3 is 1.89 bits per heavy atom. The lowest BCUT2D eigenvalue weighted by Crippen LogP contribution is -2.37. The van der Waals surface area contributed by atoms with Crippen LogP contribution in [-0.4, -0.2) is 42.8 Å². The summed E-state index contributed by atoms with van der Waals surface area (Å²) in [5, 5.41) is 0. The molecule has 0 spiro atoms. The zero-order chi connectivity index (χ0) is 21.2. The summed E-state index contributed by atoms with van der Waals surface area (Å²) in [5.74, 6) is -8.32. The standard InChI is InChI=1S/C15H13F8NO3/c1-8(24(2)11(25)12(26)27-7-13(16,17)18)9-3-5-10(6-4-9)14(19,20)15(21,22)23/h3-6,8H,7H2,1-2H3. The number of hydrogen-bond donors (Lipinski definition) is 0. The number of rotatable bonds is 4. The van der Waals surface area contributed by atoms with Crippen LogP contribution in [0, 0.1) is 0 Å². The summed E-state index contributed by atoms with van der Waals surface area (Å²) in [6, 6.07) is 1.73. The van der Waals surface area contributed by atoms with Crippen molar-refractivity contribution in [3.05, 3.63) is 35.4 Å². The summed E-state index contributed by atoms with van der Waals surface area (Å²) < 4.78 is 103. The van der Waals surface area contributed by atoms with Gasteiger partial charge in [0.2, 0.25) is 0 Å². The molecule has 0 aliphatic rings. The maximum atomic E-state index is 13.2. The molecule has 1 aromatic rings. The molecule has 1 amide bonds. The van der Waals surface area contributed by atoms with E-state index in [0.717, 1.165) is 19.2 Å². The normalized spacial score (nSPS) is 13.9. The number of esters is 1. The molecule has 0 N–H and O–H groups in total. The molecule has 0 fully saturated rings. The summed E-state index contributed by atoms with van der Waals surface area (Å²) in [4.78, 5) is 23.7. The minimum atomic E-state index is -5.80. The number of halogens is 8. The molecule has 12 heteroatoms. The van der Waals surface area contributed by atoms with Gasteiger partial charge in [-0.05, 0) is 12.5 Å². The summed E-state index contributed by atoms with van der Waals surface area (Å²) in [7, 11) is 1.03. The highest BCUT2D eigenvalue weighted by Gasteiger charge is 2.58. The van der Waals surface area contributed by atoms with E-state index in [2.05, 4.69) is 4.74 Å². The Bertz CT molecular complexity index is 682. The maximum Gasteiger partial charge on any atom is 0.458 e. The van der Waals surface area contributed by atoms with Crippen molar-refractivity contribution in [1.82, 2.24) is 4.90 Å². The molecule has 152 valence electrons. The Morgan fingerprint density at radius 1 is 1.00 bits per heavy atom. The number of benzene rings is 1. The Labute approximate surface area is 147 Å². The molecule has 0 heterocycles. The average molecular weight is 407 g/mol. The van der Waals surface area contributed by atoms with Crippen LogP contribution in [0.5, 0.6) is 0 Å². The molecule has 0 radical (unpaired) electrons. The molecular weight excluding hydrogens is 394 g/mol. The Balaban J connectivity index is 2.88. The van der Waals surface area contributed by atoms with Crippen molar-refractivity contribution in [3.8, 4) is 0 Å². The van der Waals surface area contributed by atoms with Crippen LogP contribution >= 0.6 is 0 Å². The first-order valence-electron chi connectivity index (χ1n) is 7.13. The second-order valence-corrected chi connectivity index (χ2v) is 5.48. The lowest BCUT2D eigenvalue weighted by Gasteiger charge is -2.25. The van der Waals surface area contributed by atoms with Crippen LogP contribution in [0.2, 0.25) is 0 Å². The van der Waals surface area contributed by atoms with Crippen LogP contribution in [-0.2, 0) is 20.2 Å². The fourth-order valence-electron chi connectivity index (χ4n) is 1.89. The van der Waals surface area contributed by atoms with Crippen molar-refractivity contribution in [2.75, 3.05) is 13.7 Å². The second kappa shape index (κ2) is 7.69. The van der Waals surface area contributed by atoms with Gasteiger partial charge in [-0.25, -0.2) is 4.79 Å². The predicted molar refractivity (Wildman–Crippen MR) is 74.6 cm³/mol. The van der Waals surface area contributed by atoms with E-state index in [0.29, 0.717) is 17.0 Å². The summed E-state index contributed by atoms with van der Waals surface area (Å²) in [6.45, 7) is -0.688. The molecule has 1 atom stereocenters. The van der Waals surface area contributed by atoms with Gasteiger partial charge < -0.3 is 9.64 Å². The van der Waals surface area contributed by atoms with Gasteiger partial charge in [-0.15, -0.1) is 0 Å². The number of likely N-dealkylation sites (N-methyl/N-ethyl adjacent to an activating group) is 1. The van der Waals surface area contributed by atoms with Crippen molar-refractivity contribution >= 4 is 11.9 Å². The van der Waals surface area contributed by atoms with E-state index in [1.807, 2.05) is 0 Å². The van der Waals surface area contributed by atoms with Gasteiger partial charge >= 0.3 is 30.2 Å². The molecule has 0 saturated heterocycles. The monoisotopic (exact) mass is 407 g/mol. The number of hydrogen-bond acceptors (Lipinski definition) is 3. The first kappa shape index (κ1) is 22.6. The van der Waals surface area contributed by atoms with E-state index >= 15 is 0 Å². The topological polar surface area (TPSA) is 46.6 Å². The third-order valence-electron chi connectivity index (χ3n) is 3.55. The highest BCUT2D eigenvalue weighted by Crippen LogP contribution is 2.43. The van der Waals surface area contributed by atoms with Crippen molar-refractivity contribution in [2.24, 2.45) is 0 Å². The van der Waals surface area contributed by atoms with E-state index < -0.39 is 48.4 Å². The fraction of sp³-hybridized carbons (Fsp3) is 0.467. The van der Waals surface area contributed by atoms with E-state index in [-0.39, 0.29) is 5.56 Å².